The van der Waals surface area contributed by atoms with E-state index >= 15 is 0 Å². The standard InChI is InChI=1S/C16H36N.BrH.H2S/c1-5-9-13-17(14-10-6-2,15-11-7-3)16-12-8-4;;/h5-16H2,1-4H3;1H;1H2/q+1;;/p-1. The summed E-state index contributed by atoms with van der Waals surface area (Å²) in [6, 6.07) is 0. The largest absolute Gasteiger partial charge is 1.00 e. The highest BCUT2D eigenvalue weighted by Crippen LogP contribution is 2.16. The molecule has 0 spiro atoms. The lowest BCUT2D eigenvalue weighted by atomic mass is 10.1. The number of rotatable bonds is 12. The molecule has 0 N–H and O–H groups in total. The molecule has 19 heavy (non-hydrogen) atoms. The first-order valence-corrected chi connectivity index (χ1v) is 8.09. The SMILES string of the molecule is CCCC[N+](CCCC)(CCCC)CCCC.S.[Br-]. The lowest BCUT2D eigenvalue weighted by Gasteiger charge is -2.39. The Morgan fingerprint density at radius 3 is 0.895 bits per heavy atom. The fourth-order valence-corrected chi connectivity index (χ4v) is 2.64. The maximum Gasteiger partial charge on any atom is 0.0786 e. The van der Waals surface area contributed by atoms with E-state index in [0.717, 1.165) is 0 Å². The molecule has 0 saturated carbocycles. The topological polar surface area (TPSA) is 0 Å². The molecule has 0 aliphatic rings. The first-order chi connectivity index (χ1) is 8.24. The van der Waals surface area contributed by atoms with Crippen LogP contribution in [0.2, 0.25) is 0 Å². The van der Waals surface area contributed by atoms with Crippen LogP contribution in [0.5, 0.6) is 0 Å². The molecule has 120 valence electrons. The Morgan fingerprint density at radius 2 is 0.737 bits per heavy atom. The molecule has 0 saturated heterocycles. The van der Waals surface area contributed by atoms with Gasteiger partial charge in [-0.2, -0.15) is 13.5 Å². The van der Waals surface area contributed by atoms with Crippen molar-refractivity contribution in [1.82, 2.24) is 0 Å². The van der Waals surface area contributed by atoms with Gasteiger partial charge in [-0.3, -0.25) is 0 Å². The third-order valence-corrected chi connectivity index (χ3v) is 3.94. The summed E-state index contributed by atoms with van der Waals surface area (Å²) in [5.74, 6) is 0. The fourth-order valence-electron chi connectivity index (χ4n) is 2.64. The van der Waals surface area contributed by atoms with Crippen molar-refractivity contribution in [2.45, 2.75) is 79.1 Å². The van der Waals surface area contributed by atoms with Crippen molar-refractivity contribution in [2.24, 2.45) is 0 Å². The molecule has 0 aromatic carbocycles. The van der Waals surface area contributed by atoms with Crippen molar-refractivity contribution in [2.75, 3.05) is 26.2 Å². The molecular weight excluding hydrogens is 318 g/mol. The minimum absolute atomic E-state index is 0. The van der Waals surface area contributed by atoms with Crippen LogP contribution in [0.4, 0.5) is 0 Å². The summed E-state index contributed by atoms with van der Waals surface area (Å²) >= 11 is 0. The van der Waals surface area contributed by atoms with E-state index in [1.807, 2.05) is 0 Å². The van der Waals surface area contributed by atoms with Gasteiger partial charge < -0.3 is 21.5 Å². The molecule has 0 aromatic rings. The second kappa shape index (κ2) is 16.8. The molecule has 1 nitrogen and oxygen atoms in total. The normalized spacial score (nSPS) is 10.7. The minimum atomic E-state index is 0. The summed E-state index contributed by atoms with van der Waals surface area (Å²) < 4.78 is 1.42. The second-order valence-electron chi connectivity index (χ2n) is 5.65. The Kier molecular flexibility index (Phi) is 22.0. The maximum absolute atomic E-state index is 2.33. The van der Waals surface area contributed by atoms with Crippen molar-refractivity contribution >= 4 is 13.5 Å². The first-order valence-electron chi connectivity index (χ1n) is 8.09. The van der Waals surface area contributed by atoms with Crippen LogP contribution in [0.15, 0.2) is 0 Å². The highest BCUT2D eigenvalue weighted by molar-refractivity contribution is 7.59. The number of hydrogen-bond acceptors (Lipinski definition) is 0. The summed E-state index contributed by atoms with van der Waals surface area (Å²) in [6.45, 7) is 15.0. The second-order valence-corrected chi connectivity index (χ2v) is 5.65. The molecule has 0 aromatic heterocycles. The highest BCUT2D eigenvalue weighted by atomic mass is 79.9. The summed E-state index contributed by atoms with van der Waals surface area (Å²) in [7, 11) is 0. The molecule has 0 aliphatic heterocycles. The minimum Gasteiger partial charge on any atom is -1.00 e. The lowest BCUT2D eigenvalue weighted by molar-refractivity contribution is -0.929. The molecule has 0 fully saturated rings. The Bertz CT molecular complexity index is 127. The van der Waals surface area contributed by atoms with E-state index < -0.39 is 0 Å². The van der Waals surface area contributed by atoms with Crippen LogP contribution in [0.1, 0.15) is 79.1 Å². The van der Waals surface area contributed by atoms with Gasteiger partial charge in [-0.15, -0.1) is 0 Å². The Morgan fingerprint density at radius 1 is 0.526 bits per heavy atom. The zero-order chi connectivity index (χ0) is 13.0. The van der Waals surface area contributed by atoms with Gasteiger partial charge >= 0.3 is 0 Å². The van der Waals surface area contributed by atoms with Crippen molar-refractivity contribution in [3.63, 3.8) is 0 Å². The predicted molar refractivity (Wildman–Crippen MR) is 89.7 cm³/mol. The Hall–Kier alpha value is 0.790. The van der Waals surface area contributed by atoms with Crippen molar-refractivity contribution < 1.29 is 21.5 Å². The summed E-state index contributed by atoms with van der Waals surface area (Å²) in [6.07, 6.45) is 11.1. The molecule has 0 bridgehead atoms. The zero-order valence-electron chi connectivity index (χ0n) is 13.8. The monoisotopic (exact) mass is 355 g/mol. The molecule has 0 radical (unpaired) electrons. The van der Waals surface area contributed by atoms with Crippen LogP contribution in [0, 0.1) is 0 Å². The third kappa shape index (κ3) is 12.3. The molecular formula is C16H38BrNS. The van der Waals surface area contributed by atoms with Crippen molar-refractivity contribution in [1.29, 1.82) is 0 Å². The van der Waals surface area contributed by atoms with Crippen LogP contribution < -0.4 is 17.0 Å². The predicted octanol–water partition coefficient (Wildman–Crippen LogP) is 2.12. The van der Waals surface area contributed by atoms with Crippen LogP contribution in [0.3, 0.4) is 0 Å². The van der Waals surface area contributed by atoms with Gasteiger partial charge in [0.15, 0.2) is 0 Å². The van der Waals surface area contributed by atoms with Gasteiger partial charge in [0.1, 0.15) is 0 Å². The van der Waals surface area contributed by atoms with Gasteiger partial charge in [-0.25, -0.2) is 0 Å². The third-order valence-electron chi connectivity index (χ3n) is 3.94. The molecule has 0 heterocycles. The van der Waals surface area contributed by atoms with Gasteiger partial charge in [-0.05, 0) is 25.7 Å². The lowest BCUT2D eigenvalue weighted by Crippen LogP contribution is -3.00. The molecule has 0 atom stereocenters. The van der Waals surface area contributed by atoms with Crippen molar-refractivity contribution in [3.8, 4) is 0 Å². The van der Waals surface area contributed by atoms with Crippen LogP contribution in [-0.4, -0.2) is 30.7 Å². The van der Waals surface area contributed by atoms with Crippen LogP contribution >= 0.6 is 13.5 Å². The van der Waals surface area contributed by atoms with E-state index in [1.54, 1.807) is 0 Å². The first kappa shape index (κ1) is 24.8. The van der Waals surface area contributed by atoms with Gasteiger partial charge in [0.05, 0.1) is 26.2 Å². The van der Waals surface area contributed by atoms with Gasteiger partial charge in [0.2, 0.25) is 0 Å². The molecule has 0 rings (SSSR count). The molecule has 3 heteroatoms. The van der Waals surface area contributed by atoms with Gasteiger partial charge in [-0.1, -0.05) is 53.4 Å². The van der Waals surface area contributed by atoms with Gasteiger partial charge in [0, 0.05) is 0 Å². The number of hydrogen-bond donors (Lipinski definition) is 0. The van der Waals surface area contributed by atoms with E-state index in [2.05, 4.69) is 27.7 Å². The maximum atomic E-state index is 2.33. The summed E-state index contributed by atoms with van der Waals surface area (Å²) in [5.41, 5.74) is 0. The quantitative estimate of drug-likeness (QED) is 0.470. The smallest absolute Gasteiger partial charge is 0.0786 e. The Balaban J connectivity index is -0.00000128. The van der Waals surface area contributed by atoms with E-state index in [-0.39, 0.29) is 30.5 Å². The summed E-state index contributed by atoms with van der Waals surface area (Å²) in [4.78, 5) is 0. The number of halogens is 1. The average molecular weight is 356 g/mol. The van der Waals surface area contributed by atoms with Crippen LogP contribution in [0.25, 0.3) is 0 Å². The number of unbranched alkanes of at least 4 members (excludes halogenated alkanes) is 4. The average Bonchev–Trinajstić information content (AvgIpc) is 2.37. The molecule has 0 aliphatic carbocycles. The fraction of sp³-hybridized carbons (Fsp3) is 1.00. The summed E-state index contributed by atoms with van der Waals surface area (Å²) in [5, 5.41) is 0. The van der Waals surface area contributed by atoms with E-state index in [4.69, 9.17) is 0 Å². The zero-order valence-corrected chi connectivity index (χ0v) is 16.4. The molecule has 0 unspecified atom stereocenters. The van der Waals surface area contributed by atoms with E-state index in [0.29, 0.717) is 0 Å². The van der Waals surface area contributed by atoms with E-state index in [1.165, 1.54) is 82.0 Å². The van der Waals surface area contributed by atoms with Crippen molar-refractivity contribution in [3.05, 3.63) is 0 Å². The van der Waals surface area contributed by atoms with Gasteiger partial charge in [0.25, 0.3) is 0 Å². The number of nitrogens with zero attached hydrogens (tertiary/aromatic N) is 1. The van der Waals surface area contributed by atoms with Crippen LogP contribution in [-0.2, 0) is 0 Å². The number of quaternary nitrogens is 1. The Labute approximate surface area is 140 Å². The van der Waals surface area contributed by atoms with E-state index in [9.17, 15) is 0 Å². The highest BCUT2D eigenvalue weighted by Gasteiger charge is 2.24. The molecule has 0 amide bonds.